The Morgan fingerprint density at radius 3 is 2.52 bits per heavy atom. The predicted molar refractivity (Wildman–Crippen MR) is 121 cm³/mol. The fraction of sp³-hybridized carbons (Fsp3) is 0.458. The van der Waals surface area contributed by atoms with Crippen molar-refractivity contribution < 1.29 is 17.9 Å². The number of benzene rings is 2. The molecule has 0 radical (unpaired) electrons. The fourth-order valence-corrected chi connectivity index (χ4v) is 5.30. The SMILES string of the molecule is Cc1ccc(S(=O)(=O)NC(C)(C)C)cc1C(=O)NCC1CCCOC1c1ccccc1. The van der Waals surface area contributed by atoms with Gasteiger partial charge in [-0.2, -0.15) is 0 Å². The predicted octanol–water partition coefficient (Wildman–Crippen LogP) is 3.97. The summed E-state index contributed by atoms with van der Waals surface area (Å²) in [4.78, 5) is 13.0. The molecule has 1 aliphatic rings. The molecule has 2 aromatic rings. The van der Waals surface area contributed by atoms with Crippen molar-refractivity contribution in [2.45, 2.75) is 57.1 Å². The Balaban J connectivity index is 1.74. The summed E-state index contributed by atoms with van der Waals surface area (Å²) >= 11 is 0. The molecule has 1 fully saturated rings. The van der Waals surface area contributed by atoms with E-state index in [4.69, 9.17) is 4.74 Å². The number of amides is 1. The van der Waals surface area contributed by atoms with Gasteiger partial charge in [0.25, 0.3) is 5.91 Å². The van der Waals surface area contributed by atoms with E-state index in [-0.39, 0.29) is 22.8 Å². The smallest absolute Gasteiger partial charge is 0.251 e. The number of hydrogen-bond donors (Lipinski definition) is 2. The maximum Gasteiger partial charge on any atom is 0.251 e. The number of aryl methyl sites for hydroxylation is 1. The molecule has 3 rings (SSSR count). The molecule has 2 atom stereocenters. The highest BCUT2D eigenvalue weighted by Gasteiger charge is 2.28. The van der Waals surface area contributed by atoms with Crippen LogP contribution in [0.25, 0.3) is 0 Å². The van der Waals surface area contributed by atoms with Gasteiger partial charge in [0.05, 0.1) is 11.0 Å². The summed E-state index contributed by atoms with van der Waals surface area (Å²) in [6, 6.07) is 14.7. The number of sulfonamides is 1. The minimum Gasteiger partial charge on any atom is -0.373 e. The van der Waals surface area contributed by atoms with Crippen molar-refractivity contribution >= 4 is 15.9 Å². The quantitative estimate of drug-likeness (QED) is 0.706. The molecule has 1 saturated heterocycles. The van der Waals surface area contributed by atoms with Crippen LogP contribution in [0.3, 0.4) is 0 Å². The molecule has 0 bridgehead atoms. The summed E-state index contributed by atoms with van der Waals surface area (Å²) in [5.41, 5.74) is 1.59. The molecule has 0 aliphatic carbocycles. The summed E-state index contributed by atoms with van der Waals surface area (Å²) in [7, 11) is -3.72. The van der Waals surface area contributed by atoms with Gasteiger partial charge >= 0.3 is 0 Å². The second-order valence-electron chi connectivity index (χ2n) is 9.15. The van der Waals surface area contributed by atoms with Crippen molar-refractivity contribution in [1.82, 2.24) is 10.0 Å². The van der Waals surface area contributed by atoms with E-state index in [1.54, 1.807) is 33.8 Å². The van der Waals surface area contributed by atoms with Crippen molar-refractivity contribution in [2.75, 3.05) is 13.2 Å². The second kappa shape index (κ2) is 9.51. The Hall–Kier alpha value is -2.22. The zero-order valence-corrected chi connectivity index (χ0v) is 19.5. The first kappa shape index (κ1) is 23.4. The van der Waals surface area contributed by atoms with Crippen LogP contribution in [0, 0.1) is 12.8 Å². The van der Waals surface area contributed by atoms with Crippen molar-refractivity contribution in [2.24, 2.45) is 5.92 Å². The molecule has 1 amide bonds. The van der Waals surface area contributed by atoms with E-state index in [0.717, 1.165) is 24.0 Å². The minimum atomic E-state index is -3.72. The van der Waals surface area contributed by atoms with Crippen LogP contribution in [0.4, 0.5) is 0 Å². The standard InChI is InChI=1S/C24H32N2O4S/c1-17-12-13-20(31(28,29)26-24(2,3)4)15-21(17)23(27)25-16-19-11-8-14-30-22(19)18-9-6-5-7-10-18/h5-7,9-10,12-13,15,19,22,26H,8,11,14,16H2,1-4H3,(H,25,27). The zero-order valence-electron chi connectivity index (χ0n) is 18.6. The molecule has 2 N–H and O–H groups in total. The molecule has 1 aliphatic heterocycles. The number of rotatable bonds is 6. The van der Waals surface area contributed by atoms with Crippen LogP contribution in [0.2, 0.25) is 0 Å². The fourth-order valence-electron chi connectivity index (χ4n) is 3.86. The Bertz CT molecular complexity index is 1010. The molecule has 7 heteroatoms. The van der Waals surface area contributed by atoms with Gasteiger partial charge in [-0.3, -0.25) is 4.79 Å². The monoisotopic (exact) mass is 444 g/mol. The third kappa shape index (κ3) is 6.15. The highest BCUT2D eigenvalue weighted by molar-refractivity contribution is 7.89. The molecular formula is C24H32N2O4S. The molecule has 0 spiro atoms. The summed E-state index contributed by atoms with van der Waals surface area (Å²) in [6.07, 6.45) is 1.86. The number of carbonyl (C=O) groups excluding carboxylic acids is 1. The number of nitrogens with one attached hydrogen (secondary N) is 2. The van der Waals surface area contributed by atoms with Crippen LogP contribution in [-0.4, -0.2) is 33.0 Å². The maximum absolute atomic E-state index is 12.9. The van der Waals surface area contributed by atoms with Crippen molar-refractivity contribution in [3.8, 4) is 0 Å². The lowest BCUT2D eigenvalue weighted by molar-refractivity contribution is -0.0272. The van der Waals surface area contributed by atoms with E-state index in [9.17, 15) is 13.2 Å². The maximum atomic E-state index is 12.9. The largest absolute Gasteiger partial charge is 0.373 e. The topological polar surface area (TPSA) is 84.5 Å². The average molecular weight is 445 g/mol. The van der Waals surface area contributed by atoms with Gasteiger partial charge in [-0.25, -0.2) is 13.1 Å². The lowest BCUT2D eigenvalue weighted by atomic mass is 9.89. The number of carbonyl (C=O) groups is 1. The first-order valence-corrected chi connectivity index (χ1v) is 12.1. The van der Waals surface area contributed by atoms with Crippen molar-refractivity contribution in [1.29, 1.82) is 0 Å². The van der Waals surface area contributed by atoms with Crippen molar-refractivity contribution in [3.05, 3.63) is 65.2 Å². The molecule has 2 aromatic carbocycles. The lowest BCUT2D eigenvalue weighted by Crippen LogP contribution is -2.40. The summed E-state index contributed by atoms with van der Waals surface area (Å²) in [5.74, 6) is -0.113. The summed E-state index contributed by atoms with van der Waals surface area (Å²) in [6.45, 7) is 8.32. The van der Waals surface area contributed by atoms with Crippen LogP contribution in [-0.2, 0) is 14.8 Å². The van der Waals surface area contributed by atoms with E-state index in [1.807, 2.05) is 30.3 Å². The number of ether oxygens (including phenoxy) is 1. The molecule has 1 heterocycles. The number of hydrogen-bond acceptors (Lipinski definition) is 4. The Kier molecular flexibility index (Phi) is 7.19. The van der Waals surface area contributed by atoms with Crippen LogP contribution >= 0.6 is 0 Å². The molecule has 31 heavy (non-hydrogen) atoms. The third-order valence-corrected chi connectivity index (χ3v) is 7.06. The lowest BCUT2D eigenvalue weighted by Gasteiger charge is -2.32. The van der Waals surface area contributed by atoms with Crippen LogP contribution in [0.5, 0.6) is 0 Å². The minimum absolute atomic E-state index is 0.0564. The van der Waals surface area contributed by atoms with Gasteiger partial charge in [0.1, 0.15) is 0 Å². The zero-order chi connectivity index (χ0) is 22.6. The molecule has 0 aromatic heterocycles. The Labute approximate surface area is 185 Å². The third-order valence-electron chi connectivity index (χ3n) is 5.30. The summed E-state index contributed by atoms with van der Waals surface area (Å²) in [5, 5.41) is 3.00. The molecule has 168 valence electrons. The van der Waals surface area contributed by atoms with Gasteiger partial charge in [0.2, 0.25) is 10.0 Å². The van der Waals surface area contributed by atoms with E-state index in [1.165, 1.54) is 12.1 Å². The van der Waals surface area contributed by atoms with Gasteiger partial charge in [0.15, 0.2) is 0 Å². The van der Waals surface area contributed by atoms with E-state index < -0.39 is 15.6 Å². The molecule has 2 unspecified atom stereocenters. The van der Waals surface area contributed by atoms with Gasteiger partial charge in [0, 0.05) is 30.2 Å². The second-order valence-corrected chi connectivity index (χ2v) is 10.8. The highest BCUT2D eigenvalue weighted by Crippen LogP contribution is 2.33. The normalized spacial score (nSPS) is 19.7. The Morgan fingerprint density at radius 2 is 1.84 bits per heavy atom. The van der Waals surface area contributed by atoms with Crippen LogP contribution in [0.15, 0.2) is 53.4 Å². The van der Waals surface area contributed by atoms with E-state index in [2.05, 4.69) is 10.0 Å². The van der Waals surface area contributed by atoms with Gasteiger partial charge < -0.3 is 10.1 Å². The first-order chi connectivity index (χ1) is 14.6. The van der Waals surface area contributed by atoms with Crippen molar-refractivity contribution in [3.63, 3.8) is 0 Å². The van der Waals surface area contributed by atoms with Crippen LogP contribution < -0.4 is 10.0 Å². The molecule has 6 nitrogen and oxygen atoms in total. The van der Waals surface area contributed by atoms with Crippen LogP contribution in [0.1, 0.15) is 61.2 Å². The molecular weight excluding hydrogens is 412 g/mol. The van der Waals surface area contributed by atoms with Gasteiger partial charge in [-0.05, 0) is 63.8 Å². The highest BCUT2D eigenvalue weighted by atomic mass is 32.2. The van der Waals surface area contributed by atoms with Gasteiger partial charge in [-0.15, -0.1) is 0 Å². The summed E-state index contributed by atoms with van der Waals surface area (Å²) < 4.78 is 34.0. The first-order valence-electron chi connectivity index (χ1n) is 10.7. The van der Waals surface area contributed by atoms with Gasteiger partial charge in [-0.1, -0.05) is 36.4 Å². The van der Waals surface area contributed by atoms with E-state index in [0.29, 0.717) is 18.7 Å². The average Bonchev–Trinajstić information content (AvgIpc) is 2.71. The Morgan fingerprint density at radius 1 is 1.13 bits per heavy atom. The van der Waals surface area contributed by atoms with E-state index >= 15 is 0 Å². The molecule has 0 saturated carbocycles.